The van der Waals surface area contributed by atoms with Crippen LogP contribution in [0.25, 0.3) is 0 Å². The summed E-state index contributed by atoms with van der Waals surface area (Å²) < 4.78 is 0.842. The lowest BCUT2D eigenvalue weighted by atomic mass is 10.1. The van der Waals surface area contributed by atoms with Crippen molar-refractivity contribution in [2.24, 2.45) is 5.92 Å². The number of hydrogen-bond acceptors (Lipinski definition) is 3. The minimum Gasteiger partial charge on any atom is -0.311 e. The summed E-state index contributed by atoms with van der Waals surface area (Å²) in [5, 5.41) is 0. The van der Waals surface area contributed by atoms with Gasteiger partial charge in [0.2, 0.25) is 5.91 Å². The van der Waals surface area contributed by atoms with Gasteiger partial charge in [-0.25, -0.2) is 0 Å². The van der Waals surface area contributed by atoms with Crippen molar-refractivity contribution in [1.82, 2.24) is 0 Å². The Morgan fingerprint density at radius 3 is 2.83 bits per heavy atom. The molecule has 1 amide bonds. The van der Waals surface area contributed by atoms with Crippen LogP contribution >= 0.6 is 28.6 Å². The van der Waals surface area contributed by atoms with E-state index in [9.17, 15) is 9.59 Å². The molecule has 3 nitrogen and oxygen atoms in total. The van der Waals surface area contributed by atoms with Gasteiger partial charge in [-0.05, 0) is 36.8 Å². The molecular formula is C13H14BrNO2S. The number of hydrogen-bond donors (Lipinski definition) is 1. The lowest BCUT2D eigenvalue weighted by Gasteiger charge is -2.19. The van der Waals surface area contributed by atoms with Crippen LogP contribution in [-0.4, -0.2) is 24.0 Å². The molecule has 1 aromatic carbocycles. The van der Waals surface area contributed by atoms with Gasteiger partial charge in [0, 0.05) is 23.0 Å². The molecule has 1 aliphatic rings. The van der Waals surface area contributed by atoms with Crippen LogP contribution in [-0.2, 0) is 4.79 Å². The van der Waals surface area contributed by atoms with Gasteiger partial charge in [-0.1, -0.05) is 15.9 Å². The fraction of sp³-hybridized carbons (Fsp3) is 0.385. The highest BCUT2D eigenvalue weighted by atomic mass is 79.9. The Hall–Kier alpha value is -0.810. The van der Waals surface area contributed by atoms with Crippen molar-refractivity contribution in [3.05, 3.63) is 28.2 Å². The van der Waals surface area contributed by atoms with Gasteiger partial charge in [0.05, 0.1) is 5.69 Å². The molecule has 1 aliphatic heterocycles. The van der Waals surface area contributed by atoms with Crippen molar-refractivity contribution in [3.63, 3.8) is 0 Å². The highest BCUT2D eigenvalue weighted by Crippen LogP contribution is 2.30. The number of thiol groups is 1. The molecule has 1 aromatic rings. The SMILES string of the molecule is CC(=O)c1cc(Br)ccc1N1CC(CS)CC1=O. The first-order chi connectivity index (χ1) is 8.52. The predicted octanol–water partition coefficient (Wildman–Crippen LogP) is 2.93. The standard InChI is InChI=1S/C13H14BrNO2S/c1-8(16)11-5-10(14)2-3-12(11)15-6-9(7-18)4-13(15)17/h2-3,5,9,18H,4,6-7H2,1H3. The zero-order valence-corrected chi connectivity index (χ0v) is 12.5. The number of halogens is 1. The fourth-order valence-corrected chi connectivity index (χ4v) is 2.77. The van der Waals surface area contributed by atoms with Crippen molar-refractivity contribution in [2.75, 3.05) is 17.2 Å². The Morgan fingerprint density at radius 1 is 1.56 bits per heavy atom. The van der Waals surface area contributed by atoms with E-state index >= 15 is 0 Å². The second kappa shape index (κ2) is 5.45. The minimum absolute atomic E-state index is 0.0339. The maximum atomic E-state index is 12.0. The quantitative estimate of drug-likeness (QED) is 0.684. The van der Waals surface area contributed by atoms with E-state index < -0.39 is 0 Å². The summed E-state index contributed by atoms with van der Waals surface area (Å²) in [5.74, 6) is 0.991. The van der Waals surface area contributed by atoms with Gasteiger partial charge in [-0.15, -0.1) is 0 Å². The van der Waals surface area contributed by atoms with Crippen molar-refractivity contribution in [3.8, 4) is 0 Å². The molecule has 1 fully saturated rings. The number of Topliss-reactive ketones (excluding diaryl/α,β-unsaturated/α-hetero) is 1. The molecule has 0 spiro atoms. The lowest BCUT2D eigenvalue weighted by Crippen LogP contribution is -2.26. The Morgan fingerprint density at radius 2 is 2.28 bits per heavy atom. The third kappa shape index (κ3) is 2.62. The summed E-state index contributed by atoms with van der Waals surface area (Å²) in [5.41, 5.74) is 1.29. The van der Waals surface area contributed by atoms with E-state index in [1.54, 1.807) is 11.0 Å². The zero-order chi connectivity index (χ0) is 13.3. The molecule has 0 aromatic heterocycles. The van der Waals surface area contributed by atoms with Crippen LogP contribution in [0.5, 0.6) is 0 Å². The van der Waals surface area contributed by atoms with Gasteiger partial charge in [-0.2, -0.15) is 12.6 Å². The first-order valence-corrected chi connectivity index (χ1v) is 7.17. The molecule has 1 saturated heterocycles. The number of rotatable bonds is 3. The van der Waals surface area contributed by atoms with E-state index in [0.717, 1.165) is 4.47 Å². The van der Waals surface area contributed by atoms with Gasteiger partial charge in [0.1, 0.15) is 0 Å². The molecule has 5 heteroatoms. The molecule has 0 aliphatic carbocycles. The lowest BCUT2D eigenvalue weighted by molar-refractivity contribution is -0.117. The highest BCUT2D eigenvalue weighted by Gasteiger charge is 2.31. The van der Waals surface area contributed by atoms with Crippen molar-refractivity contribution in [1.29, 1.82) is 0 Å². The zero-order valence-electron chi connectivity index (χ0n) is 10.0. The monoisotopic (exact) mass is 327 g/mol. The first kappa shape index (κ1) is 13.6. The molecule has 1 heterocycles. The van der Waals surface area contributed by atoms with Crippen molar-refractivity contribution in [2.45, 2.75) is 13.3 Å². The Balaban J connectivity index is 2.39. The number of nitrogens with zero attached hydrogens (tertiary/aromatic N) is 1. The second-order valence-corrected chi connectivity index (χ2v) is 5.76. The van der Waals surface area contributed by atoms with E-state index in [2.05, 4.69) is 28.6 Å². The summed E-state index contributed by atoms with van der Waals surface area (Å²) in [7, 11) is 0. The van der Waals surface area contributed by atoms with E-state index in [1.165, 1.54) is 6.92 Å². The van der Waals surface area contributed by atoms with Gasteiger partial charge in [0.15, 0.2) is 5.78 Å². The molecule has 2 rings (SSSR count). The third-order valence-electron chi connectivity index (χ3n) is 3.09. The second-order valence-electron chi connectivity index (χ2n) is 4.47. The van der Waals surface area contributed by atoms with Crippen LogP contribution < -0.4 is 4.90 Å². The van der Waals surface area contributed by atoms with E-state index in [-0.39, 0.29) is 17.6 Å². The minimum atomic E-state index is -0.0339. The van der Waals surface area contributed by atoms with Crippen LogP contribution in [0.3, 0.4) is 0 Å². The molecule has 0 radical (unpaired) electrons. The van der Waals surface area contributed by atoms with Gasteiger partial charge < -0.3 is 4.90 Å². The van der Waals surface area contributed by atoms with Crippen LogP contribution in [0.15, 0.2) is 22.7 Å². The average molecular weight is 328 g/mol. The highest BCUT2D eigenvalue weighted by molar-refractivity contribution is 9.10. The van der Waals surface area contributed by atoms with Crippen molar-refractivity contribution >= 4 is 45.9 Å². The van der Waals surface area contributed by atoms with E-state index in [0.29, 0.717) is 30.0 Å². The topological polar surface area (TPSA) is 37.4 Å². The van der Waals surface area contributed by atoms with Crippen LogP contribution in [0, 0.1) is 5.92 Å². The molecule has 18 heavy (non-hydrogen) atoms. The van der Waals surface area contributed by atoms with Gasteiger partial charge >= 0.3 is 0 Å². The third-order valence-corrected chi connectivity index (χ3v) is 4.10. The van der Waals surface area contributed by atoms with E-state index in [4.69, 9.17) is 0 Å². The van der Waals surface area contributed by atoms with Gasteiger partial charge in [0.25, 0.3) is 0 Å². The fourth-order valence-electron chi connectivity index (χ4n) is 2.16. The summed E-state index contributed by atoms with van der Waals surface area (Å²) in [4.78, 5) is 25.3. The summed E-state index contributed by atoms with van der Waals surface area (Å²) in [6.07, 6.45) is 0.511. The number of ketones is 1. The number of amides is 1. The first-order valence-electron chi connectivity index (χ1n) is 5.74. The normalized spacial score (nSPS) is 19.4. The number of carbonyl (C=O) groups is 2. The molecule has 0 N–H and O–H groups in total. The summed E-state index contributed by atoms with van der Waals surface area (Å²) in [6, 6.07) is 5.43. The molecule has 96 valence electrons. The largest absolute Gasteiger partial charge is 0.311 e. The maximum Gasteiger partial charge on any atom is 0.227 e. The Kier molecular flexibility index (Phi) is 4.12. The molecule has 0 saturated carbocycles. The molecular weight excluding hydrogens is 314 g/mol. The molecule has 1 unspecified atom stereocenters. The molecule has 0 bridgehead atoms. The van der Waals surface area contributed by atoms with Crippen molar-refractivity contribution < 1.29 is 9.59 Å². The molecule has 1 atom stereocenters. The van der Waals surface area contributed by atoms with Crippen LogP contribution in [0.2, 0.25) is 0 Å². The maximum absolute atomic E-state index is 12.0. The van der Waals surface area contributed by atoms with Crippen LogP contribution in [0.1, 0.15) is 23.7 Å². The van der Waals surface area contributed by atoms with E-state index in [1.807, 2.05) is 12.1 Å². The van der Waals surface area contributed by atoms with Gasteiger partial charge in [-0.3, -0.25) is 9.59 Å². The Bertz CT molecular complexity index is 504. The number of benzene rings is 1. The smallest absolute Gasteiger partial charge is 0.227 e. The van der Waals surface area contributed by atoms with Crippen LogP contribution in [0.4, 0.5) is 5.69 Å². The average Bonchev–Trinajstić information content (AvgIpc) is 2.70. The Labute approximate surface area is 120 Å². The summed E-state index contributed by atoms with van der Waals surface area (Å²) >= 11 is 7.58. The number of carbonyl (C=O) groups excluding carboxylic acids is 2. The summed E-state index contributed by atoms with van der Waals surface area (Å²) in [6.45, 7) is 2.16. The predicted molar refractivity (Wildman–Crippen MR) is 78.5 cm³/mol. The number of anilines is 1.